The zero-order valence-electron chi connectivity index (χ0n) is 8.69. The molecule has 1 saturated carbocycles. The molecule has 0 spiro atoms. The van der Waals surface area contributed by atoms with Crippen molar-refractivity contribution in [3.8, 4) is 0 Å². The summed E-state index contributed by atoms with van der Waals surface area (Å²) in [7, 11) is 0. The molecule has 1 N–H and O–H groups in total. The average Bonchev–Trinajstić information content (AvgIpc) is 2.66. The number of hydrogen-bond donors (Lipinski definition) is 1. The maximum Gasteiger partial charge on any atom is 0.238 e. The Kier molecular flexibility index (Phi) is 3.85. The molecule has 1 fully saturated rings. The van der Waals surface area contributed by atoms with Crippen molar-refractivity contribution in [3.05, 3.63) is 4.77 Å². The number of aromatic nitrogens is 4. The number of hydrogen-bond acceptors (Lipinski definition) is 4. The highest BCUT2D eigenvalue weighted by atomic mass is 32.1. The molecule has 84 valence electrons. The standard InChI is InChI=1S/C9H16N4OS/c15-9-10-11-12-13(9)6-7-14-8-4-2-1-3-5-8/h8H,1-7H2,(H,10,12,15). The summed E-state index contributed by atoms with van der Waals surface area (Å²) in [5.41, 5.74) is 0. The molecular weight excluding hydrogens is 212 g/mol. The molecule has 6 heteroatoms. The number of aromatic amines is 1. The van der Waals surface area contributed by atoms with Crippen LogP contribution in [0.4, 0.5) is 0 Å². The summed E-state index contributed by atoms with van der Waals surface area (Å²) < 4.78 is 7.98. The lowest BCUT2D eigenvalue weighted by atomic mass is 9.98. The van der Waals surface area contributed by atoms with Crippen molar-refractivity contribution in [2.75, 3.05) is 6.61 Å². The number of nitrogens with zero attached hydrogens (tertiary/aromatic N) is 3. The van der Waals surface area contributed by atoms with Crippen molar-refractivity contribution in [3.63, 3.8) is 0 Å². The van der Waals surface area contributed by atoms with E-state index in [4.69, 9.17) is 17.0 Å². The molecule has 1 aliphatic carbocycles. The van der Waals surface area contributed by atoms with E-state index in [1.165, 1.54) is 32.1 Å². The highest BCUT2D eigenvalue weighted by Gasteiger charge is 2.13. The molecule has 0 aliphatic heterocycles. The highest BCUT2D eigenvalue weighted by Crippen LogP contribution is 2.19. The third-order valence-corrected chi connectivity index (χ3v) is 3.05. The molecule has 0 radical (unpaired) electrons. The molecule has 0 unspecified atom stereocenters. The molecule has 1 aromatic heterocycles. The zero-order chi connectivity index (χ0) is 10.5. The van der Waals surface area contributed by atoms with Crippen molar-refractivity contribution in [2.24, 2.45) is 0 Å². The van der Waals surface area contributed by atoms with E-state index in [0.717, 1.165) is 0 Å². The van der Waals surface area contributed by atoms with Gasteiger partial charge < -0.3 is 4.74 Å². The summed E-state index contributed by atoms with van der Waals surface area (Å²) in [6.07, 6.45) is 6.81. The van der Waals surface area contributed by atoms with E-state index in [0.29, 0.717) is 24.0 Å². The fourth-order valence-electron chi connectivity index (χ4n) is 1.90. The molecule has 0 bridgehead atoms. The molecule has 5 nitrogen and oxygen atoms in total. The van der Waals surface area contributed by atoms with Crippen LogP contribution in [0, 0.1) is 4.77 Å². The second-order valence-electron chi connectivity index (χ2n) is 3.87. The largest absolute Gasteiger partial charge is 0.376 e. The second-order valence-corrected chi connectivity index (χ2v) is 4.23. The molecule has 1 heterocycles. The predicted octanol–water partition coefficient (Wildman–Crippen LogP) is 1.68. The Hall–Kier alpha value is -0.750. The number of rotatable bonds is 4. The first-order valence-corrected chi connectivity index (χ1v) is 5.86. The smallest absolute Gasteiger partial charge is 0.238 e. The number of tetrazole rings is 1. The van der Waals surface area contributed by atoms with Gasteiger partial charge in [-0.1, -0.05) is 29.6 Å². The van der Waals surface area contributed by atoms with Crippen molar-refractivity contribution >= 4 is 12.2 Å². The maximum absolute atomic E-state index is 5.77. The number of nitrogens with one attached hydrogen (secondary N) is 1. The SMILES string of the molecule is S=c1nn[nH]n1CCOC1CCCCC1. The van der Waals surface area contributed by atoms with Crippen LogP contribution in [-0.2, 0) is 11.3 Å². The predicted molar refractivity (Wildman–Crippen MR) is 58.0 cm³/mol. The Bertz CT molecular complexity index is 342. The molecular formula is C9H16N4OS. The van der Waals surface area contributed by atoms with E-state index in [-0.39, 0.29) is 0 Å². The molecule has 1 aromatic rings. The first-order valence-electron chi connectivity index (χ1n) is 5.46. The lowest BCUT2D eigenvalue weighted by Gasteiger charge is -2.21. The molecule has 2 rings (SSSR count). The van der Waals surface area contributed by atoms with E-state index >= 15 is 0 Å². The summed E-state index contributed by atoms with van der Waals surface area (Å²) in [5, 5.41) is 10.0. The van der Waals surface area contributed by atoms with Crippen LogP contribution in [0.2, 0.25) is 0 Å². The zero-order valence-corrected chi connectivity index (χ0v) is 9.50. The van der Waals surface area contributed by atoms with Gasteiger partial charge in [0, 0.05) is 0 Å². The van der Waals surface area contributed by atoms with E-state index < -0.39 is 0 Å². The topological polar surface area (TPSA) is 55.7 Å². The van der Waals surface area contributed by atoms with Gasteiger partial charge in [-0.2, -0.15) is 5.21 Å². The fraction of sp³-hybridized carbons (Fsp3) is 0.889. The van der Waals surface area contributed by atoms with Crippen LogP contribution in [0.25, 0.3) is 0 Å². The highest BCUT2D eigenvalue weighted by molar-refractivity contribution is 7.71. The van der Waals surface area contributed by atoms with Crippen molar-refractivity contribution in [1.29, 1.82) is 0 Å². The molecule has 0 aromatic carbocycles. The minimum Gasteiger partial charge on any atom is -0.376 e. The number of H-pyrrole nitrogens is 1. The van der Waals surface area contributed by atoms with Crippen LogP contribution in [0.1, 0.15) is 32.1 Å². The van der Waals surface area contributed by atoms with E-state index in [9.17, 15) is 0 Å². The van der Waals surface area contributed by atoms with Crippen LogP contribution >= 0.6 is 12.2 Å². The Balaban J connectivity index is 1.70. The summed E-state index contributed by atoms with van der Waals surface area (Å²) in [5.74, 6) is 0. The summed E-state index contributed by atoms with van der Waals surface area (Å²) in [6, 6.07) is 0. The molecule has 0 amide bonds. The monoisotopic (exact) mass is 228 g/mol. The van der Waals surface area contributed by atoms with Crippen molar-refractivity contribution in [2.45, 2.75) is 44.8 Å². The third kappa shape index (κ3) is 3.10. The van der Waals surface area contributed by atoms with Crippen LogP contribution in [-0.4, -0.2) is 32.9 Å². The van der Waals surface area contributed by atoms with Gasteiger partial charge in [-0.3, -0.25) is 0 Å². The van der Waals surface area contributed by atoms with Gasteiger partial charge in [0.05, 0.1) is 19.3 Å². The van der Waals surface area contributed by atoms with Gasteiger partial charge in [0.1, 0.15) is 0 Å². The van der Waals surface area contributed by atoms with Crippen molar-refractivity contribution < 1.29 is 4.74 Å². The van der Waals surface area contributed by atoms with Crippen LogP contribution in [0.3, 0.4) is 0 Å². The molecule has 0 saturated heterocycles. The van der Waals surface area contributed by atoms with Gasteiger partial charge in [0.15, 0.2) is 0 Å². The molecule has 0 atom stereocenters. The van der Waals surface area contributed by atoms with E-state index in [1.807, 2.05) is 0 Å². The van der Waals surface area contributed by atoms with Gasteiger partial charge in [-0.05, 0) is 25.1 Å². The van der Waals surface area contributed by atoms with Crippen molar-refractivity contribution in [1.82, 2.24) is 20.2 Å². The second kappa shape index (κ2) is 5.37. The molecule has 1 aliphatic rings. The Morgan fingerprint density at radius 1 is 1.40 bits per heavy atom. The van der Waals surface area contributed by atoms with Crippen LogP contribution in [0.15, 0.2) is 0 Å². The van der Waals surface area contributed by atoms with Gasteiger partial charge in [-0.25, -0.2) is 4.68 Å². The van der Waals surface area contributed by atoms with Crippen LogP contribution in [0.5, 0.6) is 0 Å². The minimum atomic E-state index is 0.448. The lowest BCUT2D eigenvalue weighted by Crippen LogP contribution is -2.19. The van der Waals surface area contributed by atoms with E-state index in [2.05, 4.69) is 15.5 Å². The first-order chi connectivity index (χ1) is 7.36. The first kappa shape index (κ1) is 10.8. The fourth-order valence-corrected chi connectivity index (χ4v) is 2.08. The normalized spacial score (nSPS) is 18.1. The summed E-state index contributed by atoms with van der Waals surface area (Å²) in [4.78, 5) is 0. The average molecular weight is 228 g/mol. The van der Waals surface area contributed by atoms with Gasteiger partial charge in [0.25, 0.3) is 0 Å². The maximum atomic E-state index is 5.77. The minimum absolute atomic E-state index is 0.448. The van der Waals surface area contributed by atoms with Gasteiger partial charge in [-0.15, -0.1) is 0 Å². The van der Waals surface area contributed by atoms with Gasteiger partial charge >= 0.3 is 0 Å². The summed E-state index contributed by atoms with van der Waals surface area (Å²) >= 11 is 4.96. The number of ether oxygens (including phenoxy) is 1. The molecule has 15 heavy (non-hydrogen) atoms. The Labute approximate surface area is 93.8 Å². The lowest BCUT2D eigenvalue weighted by molar-refractivity contribution is 0.0225. The van der Waals surface area contributed by atoms with Gasteiger partial charge in [0.2, 0.25) is 4.77 Å². The van der Waals surface area contributed by atoms with E-state index in [1.54, 1.807) is 4.68 Å². The van der Waals surface area contributed by atoms with Crippen LogP contribution < -0.4 is 0 Å². The Morgan fingerprint density at radius 3 is 2.87 bits per heavy atom. The quantitative estimate of drug-likeness (QED) is 0.797. The summed E-state index contributed by atoms with van der Waals surface area (Å²) in [6.45, 7) is 1.39. The third-order valence-electron chi connectivity index (χ3n) is 2.75. The Morgan fingerprint density at radius 2 is 2.20 bits per heavy atom.